The molecule has 8 heteroatoms. The van der Waals surface area contributed by atoms with Crippen molar-refractivity contribution in [2.75, 3.05) is 6.54 Å². The Labute approximate surface area is 197 Å². The van der Waals surface area contributed by atoms with E-state index in [0.29, 0.717) is 31.6 Å². The van der Waals surface area contributed by atoms with Gasteiger partial charge in [-0.25, -0.2) is 4.98 Å². The molecule has 0 amide bonds. The highest BCUT2D eigenvalue weighted by Gasteiger charge is 2.44. The van der Waals surface area contributed by atoms with E-state index in [-0.39, 0.29) is 11.2 Å². The number of ether oxygens (including phenoxy) is 1. The van der Waals surface area contributed by atoms with E-state index in [9.17, 15) is 17.6 Å². The zero-order valence-corrected chi connectivity index (χ0v) is 19.8. The highest BCUT2D eigenvalue weighted by atomic mass is 19.3. The number of alkyl halides is 4. The van der Waals surface area contributed by atoms with Crippen LogP contribution in [0, 0.1) is 0 Å². The largest absolute Gasteiger partial charge is 0.461 e. The molecule has 0 saturated heterocycles. The molecule has 4 nitrogen and oxygen atoms in total. The van der Waals surface area contributed by atoms with Crippen LogP contribution in [0.5, 0.6) is 5.75 Å². The number of rotatable bonds is 6. The number of halogens is 4. The Balaban J connectivity index is 1.53. The molecule has 3 aromatic rings. The first kappa shape index (κ1) is 24.3. The van der Waals surface area contributed by atoms with Gasteiger partial charge in [-0.2, -0.15) is 17.6 Å². The van der Waals surface area contributed by atoms with E-state index in [4.69, 9.17) is 4.98 Å². The lowest BCUT2D eigenvalue weighted by molar-refractivity contribution is -0.253. The highest BCUT2D eigenvalue weighted by molar-refractivity contribution is 5.58. The van der Waals surface area contributed by atoms with Crippen molar-refractivity contribution in [1.29, 1.82) is 0 Å². The normalized spacial score (nSPS) is 15.0. The molecule has 1 aliphatic rings. The van der Waals surface area contributed by atoms with Crippen LogP contribution in [0.25, 0.3) is 11.4 Å². The van der Waals surface area contributed by atoms with Crippen LogP contribution in [0.4, 0.5) is 17.6 Å². The number of nitrogens with zero attached hydrogens (tertiary/aromatic N) is 3. The zero-order valence-electron chi connectivity index (χ0n) is 19.8. The van der Waals surface area contributed by atoms with Gasteiger partial charge in [0.05, 0.1) is 11.4 Å². The van der Waals surface area contributed by atoms with Crippen molar-refractivity contribution >= 4 is 0 Å². The quantitative estimate of drug-likeness (QED) is 0.399. The third kappa shape index (κ3) is 4.97. The molecule has 182 valence electrons. The average molecular weight is 476 g/mol. The third-order valence-electron chi connectivity index (χ3n) is 6.21. The molecule has 0 atom stereocenters. The maximum atomic E-state index is 13.5. The van der Waals surface area contributed by atoms with Gasteiger partial charge < -0.3 is 9.30 Å². The fourth-order valence-electron chi connectivity index (χ4n) is 4.22. The summed E-state index contributed by atoms with van der Waals surface area (Å²) in [6.45, 7) is 8.07. The molecule has 0 unspecified atom stereocenters. The van der Waals surface area contributed by atoms with Crippen molar-refractivity contribution in [3.63, 3.8) is 0 Å². The molecule has 4 rings (SSSR count). The van der Waals surface area contributed by atoms with E-state index in [1.165, 1.54) is 17.7 Å². The van der Waals surface area contributed by atoms with Crippen LogP contribution >= 0.6 is 0 Å². The predicted molar refractivity (Wildman–Crippen MR) is 123 cm³/mol. The molecule has 0 N–H and O–H groups in total. The average Bonchev–Trinajstić information content (AvgIpc) is 3.10. The van der Waals surface area contributed by atoms with E-state index >= 15 is 0 Å². The monoisotopic (exact) mass is 475 g/mol. The van der Waals surface area contributed by atoms with Gasteiger partial charge in [-0.05, 0) is 17.0 Å². The molecule has 34 heavy (non-hydrogen) atoms. The first-order chi connectivity index (χ1) is 16.0. The second-order valence-corrected chi connectivity index (χ2v) is 9.75. The van der Waals surface area contributed by atoms with Crippen LogP contribution in [0.2, 0.25) is 0 Å². The van der Waals surface area contributed by atoms with Crippen molar-refractivity contribution in [3.8, 4) is 17.1 Å². The third-order valence-corrected chi connectivity index (χ3v) is 6.21. The Morgan fingerprint density at radius 1 is 1.03 bits per heavy atom. The van der Waals surface area contributed by atoms with Crippen LogP contribution in [-0.2, 0) is 32.0 Å². The second-order valence-electron chi connectivity index (χ2n) is 9.75. The topological polar surface area (TPSA) is 30.3 Å². The summed E-state index contributed by atoms with van der Waals surface area (Å²) in [5.74, 6) is 0.649. The van der Waals surface area contributed by atoms with Crippen LogP contribution in [0.3, 0.4) is 0 Å². The van der Waals surface area contributed by atoms with Gasteiger partial charge in [-0.1, -0.05) is 63.2 Å². The lowest BCUT2D eigenvalue weighted by atomic mass is 9.87. The minimum absolute atomic E-state index is 0.0686. The highest BCUT2D eigenvalue weighted by Crippen LogP contribution is 2.32. The molecule has 0 fully saturated rings. The first-order valence-electron chi connectivity index (χ1n) is 11.3. The number of hydrogen-bond acceptors (Lipinski definition) is 3. The van der Waals surface area contributed by atoms with Crippen molar-refractivity contribution in [2.24, 2.45) is 7.05 Å². The van der Waals surface area contributed by atoms with E-state index < -0.39 is 12.5 Å². The SMILES string of the molecule is Cn1c(-c2ccc(C(C)(C)C)cc2)nc2c1CN(Cc1ccccc1OC(F)(F)C(F)F)CC2. The van der Waals surface area contributed by atoms with Crippen LogP contribution in [0.1, 0.15) is 43.3 Å². The molecule has 0 radical (unpaired) electrons. The minimum Gasteiger partial charge on any atom is -0.428 e. The minimum atomic E-state index is -4.54. The van der Waals surface area contributed by atoms with Gasteiger partial charge >= 0.3 is 12.5 Å². The first-order valence-corrected chi connectivity index (χ1v) is 11.3. The number of hydrogen-bond donors (Lipinski definition) is 0. The van der Waals surface area contributed by atoms with Gasteiger partial charge in [0.25, 0.3) is 0 Å². The maximum absolute atomic E-state index is 13.5. The Bertz CT molecular complexity index is 1150. The molecular weight excluding hydrogens is 446 g/mol. The predicted octanol–water partition coefficient (Wildman–Crippen LogP) is 6.18. The van der Waals surface area contributed by atoms with Crippen molar-refractivity contribution in [2.45, 2.75) is 58.2 Å². The summed E-state index contributed by atoms with van der Waals surface area (Å²) >= 11 is 0. The summed E-state index contributed by atoms with van der Waals surface area (Å²) in [4.78, 5) is 6.95. The molecule has 2 heterocycles. The Morgan fingerprint density at radius 2 is 1.71 bits per heavy atom. The van der Waals surface area contributed by atoms with Gasteiger partial charge in [0.1, 0.15) is 11.6 Å². The number of benzene rings is 2. The van der Waals surface area contributed by atoms with E-state index in [0.717, 1.165) is 22.8 Å². The van der Waals surface area contributed by atoms with Crippen LogP contribution in [-0.4, -0.2) is 33.5 Å². The molecule has 1 aliphatic heterocycles. The number of para-hydroxylation sites is 1. The van der Waals surface area contributed by atoms with Crippen molar-refractivity contribution < 1.29 is 22.3 Å². The fraction of sp³-hybridized carbons (Fsp3) is 0.423. The van der Waals surface area contributed by atoms with Gasteiger partial charge in [-0.15, -0.1) is 0 Å². The number of imidazole rings is 1. The molecule has 0 saturated carbocycles. The molecule has 0 bridgehead atoms. The molecule has 1 aromatic heterocycles. The second kappa shape index (κ2) is 9.06. The summed E-state index contributed by atoms with van der Waals surface area (Å²) in [5, 5.41) is 0. The van der Waals surface area contributed by atoms with E-state index in [2.05, 4.69) is 59.2 Å². The summed E-state index contributed by atoms with van der Waals surface area (Å²) < 4.78 is 58.7. The Hall–Kier alpha value is -2.87. The summed E-state index contributed by atoms with van der Waals surface area (Å²) in [7, 11) is 1.97. The van der Waals surface area contributed by atoms with Gasteiger partial charge in [0.15, 0.2) is 0 Å². The number of fused-ring (bicyclic) bond motifs is 1. The molecular formula is C26H29F4N3O. The Kier molecular flexibility index (Phi) is 6.46. The summed E-state index contributed by atoms with van der Waals surface area (Å²) in [6.07, 6.45) is -7.73. The van der Waals surface area contributed by atoms with Crippen molar-refractivity contribution in [1.82, 2.24) is 14.5 Å². The van der Waals surface area contributed by atoms with Crippen LogP contribution in [0.15, 0.2) is 48.5 Å². The smallest absolute Gasteiger partial charge is 0.428 e. The maximum Gasteiger partial charge on any atom is 0.461 e. The molecule has 0 spiro atoms. The Morgan fingerprint density at radius 3 is 2.35 bits per heavy atom. The fourth-order valence-corrected chi connectivity index (χ4v) is 4.22. The van der Waals surface area contributed by atoms with Crippen LogP contribution < -0.4 is 4.74 Å². The van der Waals surface area contributed by atoms with E-state index in [1.54, 1.807) is 12.1 Å². The van der Waals surface area contributed by atoms with Gasteiger partial charge in [0, 0.05) is 44.2 Å². The van der Waals surface area contributed by atoms with Gasteiger partial charge in [0.2, 0.25) is 0 Å². The standard InChI is InChI=1S/C26H29F4N3O/c1-25(2,3)19-11-9-17(10-12-19)23-31-20-13-14-33(16-21(20)32(23)4)15-18-7-5-6-8-22(18)34-26(29,30)24(27)28/h5-12,24H,13-16H2,1-4H3. The summed E-state index contributed by atoms with van der Waals surface area (Å²) in [5.41, 5.74) is 4.86. The molecule has 2 aromatic carbocycles. The van der Waals surface area contributed by atoms with E-state index in [1.807, 2.05) is 7.05 Å². The summed E-state index contributed by atoms with van der Waals surface area (Å²) in [6, 6.07) is 14.5. The zero-order chi connectivity index (χ0) is 24.7. The number of aromatic nitrogens is 2. The van der Waals surface area contributed by atoms with Gasteiger partial charge in [-0.3, -0.25) is 4.90 Å². The molecule has 0 aliphatic carbocycles. The lowest BCUT2D eigenvalue weighted by Crippen LogP contribution is -2.34. The van der Waals surface area contributed by atoms with Crippen molar-refractivity contribution in [3.05, 3.63) is 71.0 Å². The lowest BCUT2D eigenvalue weighted by Gasteiger charge is -2.28.